The first kappa shape index (κ1) is 18.4. The molecule has 0 aromatic rings. The predicted octanol–water partition coefficient (Wildman–Crippen LogP) is 0.832. The molecule has 21 heavy (non-hydrogen) atoms. The van der Waals surface area contributed by atoms with Gasteiger partial charge in [-0.3, -0.25) is 9.69 Å². The molecule has 0 radical (unpaired) electrons. The molecule has 0 saturated carbocycles. The molecular formula is C15H29NO5. The first-order chi connectivity index (χ1) is 9.81. The maximum absolute atomic E-state index is 11.6. The van der Waals surface area contributed by atoms with Crippen molar-refractivity contribution in [2.24, 2.45) is 11.3 Å². The lowest BCUT2D eigenvalue weighted by Crippen LogP contribution is -2.41. The number of likely N-dealkylation sites (tertiary alicyclic amines) is 1. The molecule has 6 nitrogen and oxygen atoms in total. The number of nitrogens with zero attached hydrogens (tertiary/aromatic N) is 1. The van der Waals surface area contributed by atoms with Gasteiger partial charge in [0.2, 0.25) is 0 Å². The smallest absolute Gasteiger partial charge is 0.311 e. The molecule has 3 atom stereocenters. The van der Waals surface area contributed by atoms with Crippen LogP contribution >= 0.6 is 0 Å². The van der Waals surface area contributed by atoms with Crippen molar-refractivity contribution in [3.63, 3.8) is 0 Å². The third-order valence-corrected chi connectivity index (χ3v) is 4.35. The highest BCUT2D eigenvalue weighted by atomic mass is 16.5. The lowest BCUT2D eigenvalue weighted by Gasteiger charge is -2.29. The first-order valence-electron chi connectivity index (χ1n) is 7.56. The lowest BCUT2D eigenvalue weighted by atomic mass is 9.76. The summed E-state index contributed by atoms with van der Waals surface area (Å²) >= 11 is 0. The van der Waals surface area contributed by atoms with E-state index in [-0.39, 0.29) is 18.6 Å². The Labute approximate surface area is 127 Å². The molecule has 1 heterocycles. The van der Waals surface area contributed by atoms with Gasteiger partial charge >= 0.3 is 5.97 Å². The van der Waals surface area contributed by atoms with Crippen molar-refractivity contribution in [1.82, 2.24) is 4.90 Å². The van der Waals surface area contributed by atoms with Crippen molar-refractivity contribution in [2.45, 2.75) is 39.4 Å². The first-order valence-corrected chi connectivity index (χ1v) is 7.56. The molecule has 124 valence electrons. The fourth-order valence-corrected chi connectivity index (χ4v) is 2.87. The summed E-state index contributed by atoms with van der Waals surface area (Å²) in [5.74, 6) is -0.658. The van der Waals surface area contributed by atoms with Crippen molar-refractivity contribution in [2.75, 3.05) is 40.0 Å². The van der Waals surface area contributed by atoms with E-state index in [0.717, 1.165) is 0 Å². The van der Waals surface area contributed by atoms with E-state index in [2.05, 4.69) is 0 Å². The van der Waals surface area contributed by atoms with Crippen LogP contribution in [0.25, 0.3) is 0 Å². The quantitative estimate of drug-likeness (QED) is 0.657. The van der Waals surface area contributed by atoms with Gasteiger partial charge in [0, 0.05) is 20.2 Å². The third-order valence-electron chi connectivity index (χ3n) is 4.35. The van der Waals surface area contributed by atoms with E-state index in [1.165, 1.54) is 0 Å². The van der Waals surface area contributed by atoms with Gasteiger partial charge in [0.05, 0.1) is 30.8 Å². The molecule has 0 bridgehead atoms. The van der Waals surface area contributed by atoms with Crippen LogP contribution in [0.5, 0.6) is 0 Å². The zero-order valence-corrected chi connectivity index (χ0v) is 13.5. The molecule has 3 unspecified atom stereocenters. The minimum atomic E-state index is -0.737. The van der Waals surface area contributed by atoms with Crippen molar-refractivity contribution in [1.29, 1.82) is 0 Å². The Hall–Kier alpha value is -0.690. The number of hydrogen-bond acceptors (Lipinski definition) is 5. The minimum absolute atomic E-state index is 0.0583. The monoisotopic (exact) mass is 303 g/mol. The average Bonchev–Trinajstić information content (AvgIpc) is 2.82. The van der Waals surface area contributed by atoms with E-state index >= 15 is 0 Å². The second-order valence-corrected chi connectivity index (χ2v) is 6.35. The van der Waals surface area contributed by atoms with E-state index in [1.54, 1.807) is 7.11 Å². The number of aliphatic hydroxyl groups is 1. The normalized spacial score (nSPS) is 26.2. The number of carboxylic acid groups (broad SMARTS) is 1. The van der Waals surface area contributed by atoms with Gasteiger partial charge in [-0.15, -0.1) is 0 Å². The number of rotatable bonds is 9. The number of ether oxygens (including phenoxy) is 2. The van der Waals surface area contributed by atoms with Gasteiger partial charge in [-0.1, -0.05) is 13.8 Å². The fourth-order valence-electron chi connectivity index (χ4n) is 2.87. The van der Waals surface area contributed by atoms with Crippen LogP contribution in [-0.4, -0.2) is 73.2 Å². The van der Waals surface area contributed by atoms with Crippen LogP contribution in [0.1, 0.15) is 27.2 Å². The van der Waals surface area contributed by atoms with E-state index in [1.807, 2.05) is 25.7 Å². The summed E-state index contributed by atoms with van der Waals surface area (Å²) in [6.07, 6.45) is -0.0359. The molecule has 1 aliphatic heterocycles. The summed E-state index contributed by atoms with van der Waals surface area (Å²) in [6, 6.07) is 0. The molecule has 0 amide bonds. The standard InChI is InChI=1S/C15H29NO5/c1-11(2)15(14(18)19)5-6-16(10-15)7-13(17)9-21-12(3)8-20-4/h11-13,17H,5-10H2,1-4H3,(H,18,19). The molecule has 1 rings (SSSR count). The maximum Gasteiger partial charge on any atom is 0.311 e. The van der Waals surface area contributed by atoms with Gasteiger partial charge in [-0.25, -0.2) is 0 Å². The summed E-state index contributed by atoms with van der Waals surface area (Å²) in [7, 11) is 1.61. The minimum Gasteiger partial charge on any atom is -0.481 e. The van der Waals surface area contributed by atoms with E-state index in [4.69, 9.17) is 9.47 Å². The van der Waals surface area contributed by atoms with Gasteiger partial charge in [-0.05, 0) is 25.8 Å². The summed E-state index contributed by atoms with van der Waals surface area (Å²) in [5, 5.41) is 19.5. The lowest BCUT2D eigenvalue weighted by molar-refractivity contribution is -0.151. The van der Waals surface area contributed by atoms with Crippen LogP contribution in [0.3, 0.4) is 0 Å². The summed E-state index contributed by atoms with van der Waals surface area (Å²) < 4.78 is 10.5. The van der Waals surface area contributed by atoms with Gasteiger partial charge in [0.25, 0.3) is 0 Å². The Kier molecular flexibility index (Phi) is 7.06. The summed E-state index contributed by atoms with van der Waals surface area (Å²) in [6.45, 7) is 8.16. The number of aliphatic carboxylic acids is 1. The van der Waals surface area contributed by atoms with Gasteiger partial charge in [0.1, 0.15) is 0 Å². The van der Waals surface area contributed by atoms with E-state index in [0.29, 0.717) is 32.7 Å². The van der Waals surface area contributed by atoms with Crippen LogP contribution in [0.4, 0.5) is 0 Å². The van der Waals surface area contributed by atoms with Crippen LogP contribution in [0, 0.1) is 11.3 Å². The van der Waals surface area contributed by atoms with E-state index in [9.17, 15) is 15.0 Å². The van der Waals surface area contributed by atoms with Crippen LogP contribution in [-0.2, 0) is 14.3 Å². The van der Waals surface area contributed by atoms with Crippen molar-refractivity contribution in [3.8, 4) is 0 Å². The Balaban J connectivity index is 2.41. The number of methoxy groups -OCH3 is 1. The SMILES string of the molecule is COCC(C)OCC(O)CN1CCC(C(=O)O)(C(C)C)C1. The molecule has 1 fully saturated rings. The number of aliphatic hydroxyl groups excluding tert-OH is 1. The van der Waals surface area contributed by atoms with Gasteiger partial charge in [0.15, 0.2) is 0 Å². The molecule has 6 heteroatoms. The number of carbonyl (C=O) groups is 1. The van der Waals surface area contributed by atoms with Gasteiger partial charge < -0.3 is 19.7 Å². The van der Waals surface area contributed by atoms with Crippen LogP contribution < -0.4 is 0 Å². The maximum atomic E-state index is 11.6. The Morgan fingerprint density at radius 2 is 2.00 bits per heavy atom. The molecule has 0 aromatic heterocycles. The Bertz CT molecular complexity index is 336. The Morgan fingerprint density at radius 3 is 2.48 bits per heavy atom. The molecule has 0 aliphatic carbocycles. The number of β-amino-alcohol motifs (C(OH)–C–C–N with tert-alkyl or cyclic N) is 1. The molecule has 0 spiro atoms. The largest absolute Gasteiger partial charge is 0.481 e. The predicted molar refractivity (Wildman–Crippen MR) is 79.3 cm³/mol. The van der Waals surface area contributed by atoms with Crippen LogP contribution in [0.15, 0.2) is 0 Å². The van der Waals surface area contributed by atoms with Gasteiger partial charge in [-0.2, -0.15) is 0 Å². The second-order valence-electron chi connectivity index (χ2n) is 6.35. The zero-order valence-electron chi connectivity index (χ0n) is 13.5. The number of hydrogen-bond donors (Lipinski definition) is 2. The Morgan fingerprint density at radius 1 is 1.33 bits per heavy atom. The fraction of sp³-hybridized carbons (Fsp3) is 0.933. The zero-order chi connectivity index (χ0) is 16.0. The van der Waals surface area contributed by atoms with Crippen molar-refractivity contribution in [3.05, 3.63) is 0 Å². The average molecular weight is 303 g/mol. The summed E-state index contributed by atoms with van der Waals surface area (Å²) in [4.78, 5) is 13.6. The topological polar surface area (TPSA) is 79.2 Å². The second kappa shape index (κ2) is 8.08. The third kappa shape index (κ3) is 4.92. The van der Waals surface area contributed by atoms with Crippen LogP contribution in [0.2, 0.25) is 0 Å². The molecule has 1 aliphatic rings. The molecule has 0 aromatic carbocycles. The van der Waals surface area contributed by atoms with Crippen molar-refractivity contribution >= 4 is 5.97 Å². The van der Waals surface area contributed by atoms with E-state index < -0.39 is 17.5 Å². The highest BCUT2D eigenvalue weighted by Gasteiger charge is 2.47. The molecule has 2 N–H and O–H groups in total. The van der Waals surface area contributed by atoms with Crippen molar-refractivity contribution < 1.29 is 24.5 Å². The molecular weight excluding hydrogens is 274 g/mol. The number of carboxylic acids is 1. The highest BCUT2D eigenvalue weighted by molar-refractivity contribution is 5.75. The summed E-state index contributed by atoms with van der Waals surface area (Å²) in [5.41, 5.74) is -0.691. The molecule has 1 saturated heterocycles. The highest BCUT2D eigenvalue weighted by Crippen LogP contribution is 2.38.